The van der Waals surface area contributed by atoms with Crippen molar-refractivity contribution in [3.8, 4) is 0 Å². The van der Waals surface area contributed by atoms with Crippen LogP contribution in [0.15, 0.2) is 11.2 Å². The molecule has 0 amide bonds. The molecule has 2 aromatic heterocycles. The van der Waals surface area contributed by atoms with E-state index in [0.29, 0.717) is 5.82 Å². The SMILES string of the molecule is CSc1c(N)nsc1NC(C)c1nncn1C. The molecule has 1 unspecified atom stereocenters. The number of nitrogens with zero attached hydrogens (tertiary/aromatic N) is 4. The summed E-state index contributed by atoms with van der Waals surface area (Å²) in [6, 6.07) is 0.0632. The third kappa shape index (κ3) is 2.37. The molecular weight excluding hydrogens is 256 g/mol. The van der Waals surface area contributed by atoms with Gasteiger partial charge in [-0.05, 0) is 24.7 Å². The Morgan fingerprint density at radius 2 is 2.35 bits per heavy atom. The van der Waals surface area contributed by atoms with E-state index in [0.717, 1.165) is 15.7 Å². The lowest BCUT2D eigenvalue weighted by Gasteiger charge is -2.13. The molecule has 6 nitrogen and oxygen atoms in total. The van der Waals surface area contributed by atoms with Crippen LogP contribution in [0.1, 0.15) is 18.8 Å². The summed E-state index contributed by atoms with van der Waals surface area (Å²) in [6.45, 7) is 2.03. The van der Waals surface area contributed by atoms with Crippen molar-refractivity contribution in [2.24, 2.45) is 7.05 Å². The molecule has 0 aliphatic heterocycles. The van der Waals surface area contributed by atoms with E-state index < -0.39 is 0 Å². The number of hydrogen-bond acceptors (Lipinski definition) is 7. The molecule has 17 heavy (non-hydrogen) atoms. The maximum absolute atomic E-state index is 5.78. The van der Waals surface area contributed by atoms with Crippen molar-refractivity contribution in [2.45, 2.75) is 17.9 Å². The van der Waals surface area contributed by atoms with Gasteiger partial charge in [0.1, 0.15) is 11.3 Å². The number of thioether (sulfide) groups is 1. The second-order valence-electron chi connectivity index (χ2n) is 3.60. The molecule has 0 bridgehead atoms. The molecule has 1 atom stereocenters. The van der Waals surface area contributed by atoms with Crippen LogP contribution in [0.4, 0.5) is 10.8 Å². The first kappa shape index (κ1) is 12.2. The fraction of sp³-hybridized carbons (Fsp3) is 0.444. The van der Waals surface area contributed by atoms with E-state index in [1.807, 2.05) is 24.8 Å². The summed E-state index contributed by atoms with van der Waals surface area (Å²) in [6.07, 6.45) is 3.67. The van der Waals surface area contributed by atoms with Crippen molar-refractivity contribution in [3.05, 3.63) is 12.2 Å². The van der Waals surface area contributed by atoms with E-state index >= 15 is 0 Å². The van der Waals surface area contributed by atoms with Gasteiger partial charge < -0.3 is 15.6 Å². The number of nitrogens with one attached hydrogen (secondary N) is 1. The first-order valence-electron chi connectivity index (χ1n) is 5.03. The summed E-state index contributed by atoms with van der Waals surface area (Å²) >= 11 is 2.96. The average molecular weight is 270 g/mol. The highest BCUT2D eigenvalue weighted by Crippen LogP contribution is 2.36. The van der Waals surface area contributed by atoms with Crippen LogP contribution in [0.3, 0.4) is 0 Å². The van der Waals surface area contributed by atoms with Gasteiger partial charge in [-0.15, -0.1) is 22.0 Å². The van der Waals surface area contributed by atoms with E-state index in [9.17, 15) is 0 Å². The fourth-order valence-corrected chi connectivity index (χ4v) is 3.15. The lowest BCUT2D eigenvalue weighted by atomic mass is 10.3. The summed E-state index contributed by atoms with van der Waals surface area (Å²) in [5.74, 6) is 1.46. The van der Waals surface area contributed by atoms with Crippen LogP contribution in [-0.2, 0) is 7.05 Å². The molecule has 2 heterocycles. The molecule has 8 heteroatoms. The van der Waals surface area contributed by atoms with Crippen LogP contribution >= 0.6 is 23.3 Å². The fourth-order valence-electron chi connectivity index (χ4n) is 1.53. The molecule has 0 aliphatic carbocycles. The second-order valence-corrected chi connectivity index (χ2v) is 5.19. The minimum Gasteiger partial charge on any atom is -0.382 e. The van der Waals surface area contributed by atoms with Crippen molar-refractivity contribution in [3.63, 3.8) is 0 Å². The molecule has 0 spiro atoms. The molecule has 0 radical (unpaired) electrons. The van der Waals surface area contributed by atoms with Gasteiger partial charge in [-0.3, -0.25) is 0 Å². The van der Waals surface area contributed by atoms with Gasteiger partial charge in [0, 0.05) is 7.05 Å². The maximum atomic E-state index is 5.78. The number of nitrogen functional groups attached to an aromatic ring is 1. The zero-order valence-corrected chi connectivity index (χ0v) is 11.5. The molecule has 0 aromatic carbocycles. The van der Waals surface area contributed by atoms with Gasteiger partial charge in [0.05, 0.1) is 10.9 Å². The van der Waals surface area contributed by atoms with Gasteiger partial charge in [-0.1, -0.05) is 0 Å². The number of aromatic nitrogens is 4. The van der Waals surface area contributed by atoms with Crippen molar-refractivity contribution >= 4 is 34.1 Å². The Hall–Kier alpha value is -1.28. The summed E-state index contributed by atoms with van der Waals surface area (Å²) in [5, 5.41) is 12.3. The topological polar surface area (TPSA) is 81.7 Å². The average Bonchev–Trinajstić information content (AvgIpc) is 2.85. The van der Waals surface area contributed by atoms with Crippen LogP contribution in [0, 0.1) is 0 Å². The Labute approximate surface area is 108 Å². The van der Waals surface area contributed by atoms with Crippen LogP contribution in [0.2, 0.25) is 0 Å². The minimum absolute atomic E-state index is 0.0632. The highest BCUT2D eigenvalue weighted by molar-refractivity contribution is 7.99. The standard InChI is InChI=1S/C9H14N6S2/c1-5(8-13-11-4-15(8)2)12-9-6(16-3)7(10)14-17-9/h4-5,12H,1-3H3,(H2,10,14). The summed E-state index contributed by atoms with van der Waals surface area (Å²) < 4.78 is 6.03. The summed E-state index contributed by atoms with van der Waals surface area (Å²) in [4.78, 5) is 0.990. The zero-order chi connectivity index (χ0) is 12.4. The lowest BCUT2D eigenvalue weighted by Crippen LogP contribution is -2.11. The molecule has 2 rings (SSSR count). The molecular formula is C9H14N6S2. The normalized spacial score (nSPS) is 12.6. The Balaban J connectivity index is 2.18. The Kier molecular flexibility index (Phi) is 3.53. The molecule has 2 aromatic rings. The van der Waals surface area contributed by atoms with Crippen LogP contribution < -0.4 is 11.1 Å². The quantitative estimate of drug-likeness (QED) is 0.824. The third-order valence-corrected chi connectivity index (χ3v) is 4.10. The predicted octanol–water partition coefficient (Wildman–Crippen LogP) is 1.75. The van der Waals surface area contributed by atoms with E-state index in [-0.39, 0.29) is 6.04 Å². The minimum atomic E-state index is 0.0632. The van der Waals surface area contributed by atoms with Gasteiger partial charge >= 0.3 is 0 Å². The summed E-state index contributed by atoms with van der Waals surface area (Å²) in [7, 11) is 1.92. The van der Waals surface area contributed by atoms with E-state index in [2.05, 4.69) is 19.9 Å². The highest BCUT2D eigenvalue weighted by atomic mass is 32.2. The molecule has 0 fully saturated rings. The second kappa shape index (κ2) is 4.92. The third-order valence-electron chi connectivity index (χ3n) is 2.36. The first-order valence-corrected chi connectivity index (χ1v) is 7.03. The van der Waals surface area contributed by atoms with E-state index in [1.54, 1.807) is 18.1 Å². The number of hydrogen-bond donors (Lipinski definition) is 2. The molecule has 3 N–H and O–H groups in total. The zero-order valence-electron chi connectivity index (χ0n) is 9.84. The predicted molar refractivity (Wildman–Crippen MR) is 71.3 cm³/mol. The molecule has 0 saturated carbocycles. The van der Waals surface area contributed by atoms with Gasteiger partial charge in [0.15, 0.2) is 11.6 Å². The Morgan fingerprint density at radius 1 is 1.59 bits per heavy atom. The maximum Gasteiger partial charge on any atom is 0.154 e. The lowest BCUT2D eigenvalue weighted by molar-refractivity contribution is 0.720. The molecule has 0 saturated heterocycles. The smallest absolute Gasteiger partial charge is 0.154 e. The Bertz CT molecular complexity index is 505. The van der Waals surface area contributed by atoms with Crippen molar-refractivity contribution in [2.75, 3.05) is 17.3 Å². The number of anilines is 2. The number of nitrogens with two attached hydrogens (primary N) is 1. The van der Waals surface area contributed by atoms with Crippen LogP contribution in [0.25, 0.3) is 0 Å². The monoisotopic (exact) mass is 270 g/mol. The molecule has 92 valence electrons. The largest absolute Gasteiger partial charge is 0.382 e. The van der Waals surface area contributed by atoms with Crippen molar-refractivity contribution in [1.29, 1.82) is 0 Å². The van der Waals surface area contributed by atoms with Crippen molar-refractivity contribution in [1.82, 2.24) is 19.1 Å². The van der Waals surface area contributed by atoms with Gasteiger partial charge in [0.2, 0.25) is 0 Å². The van der Waals surface area contributed by atoms with E-state index in [4.69, 9.17) is 5.73 Å². The van der Waals surface area contributed by atoms with Gasteiger partial charge in [0.25, 0.3) is 0 Å². The van der Waals surface area contributed by atoms with Gasteiger partial charge in [-0.2, -0.15) is 4.37 Å². The van der Waals surface area contributed by atoms with Crippen molar-refractivity contribution < 1.29 is 0 Å². The highest BCUT2D eigenvalue weighted by Gasteiger charge is 2.16. The van der Waals surface area contributed by atoms with E-state index in [1.165, 1.54) is 11.5 Å². The number of rotatable bonds is 4. The van der Waals surface area contributed by atoms with Gasteiger partial charge in [-0.25, -0.2) is 0 Å². The first-order chi connectivity index (χ1) is 8.13. The van der Waals surface area contributed by atoms with Crippen LogP contribution in [-0.4, -0.2) is 25.4 Å². The van der Waals surface area contributed by atoms with Crippen LogP contribution in [0.5, 0.6) is 0 Å². The molecule has 0 aliphatic rings. The number of aryl methyl sites for hydroxylation is 1. The summed E-state index contributed by atoms with van der Waals surface area (Å²) in [5.41, 5.74) is 5.78. The Morgan fingerprint density at radius 3 is 2.94 bits per heavy atom.